The third-order valence-electron chi connectivity index (χ3n) is 4.86. The molecule has 2 heterocycles. The maximum absolute atomic E-state index is 13.6. The summed E-state index contributed by atoms with van der Waals surface area (Å²) in [6.45, 7) is 1.89. The minimum atomic E-state index is -1.07. The van der Waals surface area contributed by atoms with Crippen LogP contribution in [-0.4, -0.2) is 56.4 Å². The van der Waals surface area contributed by atoms with Crippen molar-refractivity contribution in [2.75, 3.05) is 19.6 Å². The molecule has 0 atom stereocenters. The van der Waals surface area contributed by atoms with Gasteiger partial charge in [-0.1, -0.05) is 0 Å². The summed E-state index contributed by atoms with van der Waals surface area (Å²) in [6.07, 6.45) is 2.15. The van der Waals surface area contributed by atoms with E-state index in [1.807, 2.05) is 0 Å². The zero-order chi connectivity index (χ0) is 20.0. The van der Waals surface area contributed by atoms with Crippen molar-refractivity contribution in [1.29, 1.82) is 10.8 Å². The Hall–Kier alpha value is -2.75. The lowest BCUT2D eigenvalue weighted by molar-refractivity contribution is 0.0756. The number of amidine groups is 2. The van der Waals surface area contributed by atoms with Crippen molar-refractivity contribution in [2.45, 2.75) is 25.7 Å². The van der Waals surface area contributed by atoms with Crippen LogP contribution in [0.15, 0.2) is 12.1 Å². The Morgan fingerprint density at radius 2 is 2.04 bits per heavy atom. The average molecular weight is 404 g/mol. The lowest BCUT2D eigenvalue weighted by atomic mass is 10.1. The van der Waals surface area contributed by atoms with Gasteiger partial charge in [-0.25, -0.2) is 13.8 Å². The Labute approximate surface area is 164 Å². The van der Waals surface area contributed by atoms with Crippen molar-refractivity contribution in [2.24, 2.45) is 0 Å². The summed E-state index contributed by atoms with van der Waals surface area (Å²) in [5.41, 5.74) is 0.104. The number of aromatic nitrogens is 2. The van der Waals surface area contributed by atoms with E-state index in [0.717, 1.165) is 36.3 Å². The summed E-state index contributed by atoms with van der Waals surface area (Å²) in [4.78, 5) is 19.9. The van der Waals surface area contributed by atoms with Crippen molar-refractivity contribution in [1.82, 2.24) is 19.2 Å². The molecule has 2 aliphatic rings. The van der Waals surface area contributed by atoms with E-state index in [1.54, 1.807) is 0 Å². The van der Waals surface area contributed by atoms with Crippen LogP contribution in [0, 0.1) is 29.4 Å². The van der Waals surface area contributed by atoms with E-state index in [2.05, 4.69) is 9.36 Å². The number of carbonyl (C=O) groups is 1. The Bertz CT molecular complexity index is 963. The molecule has 0 bridgehead atoms. The molecule has 146 valence electrons. The van der Waals surface area contributed by atoms with Crippen molar-refractivity contribution in [3.63, 3.8) is 0 Å². The third kappa shape index (κ3) is 3.39. The Morgan fingerprint density at radius 1 is 1.29 bits per heavy atom. The van der Waals surface area contributed by atoms with Crippen LogP contribution < -0.4 is 0 Å². The number of rotatable bonds is 3. The molecule has 1 amide bonds. The zero-order valence-corrected chi connectivity index (χ0v) is 15.9. The third-order valence-corrected chi connectivity index (χ3v) is 5.60. The van der Waals surface area contributed by atoms with E-state index in [4.69, 9.17) is 10.8 Å². The number of nitrogens with one attached hydrogen (secondary N) is 2. The lowest BCUT2D eigenvalue weighted by Gasteiger charge is -2.35. The molecule has 0 unspecified atom stereocenters. The summed E-state index contributed by atoms with van der Waals surface area (Å²) in [5, 5.41) is 17.1. The van der Waals surface area contributed by atoms with Crippen molar-refractivity contribution >= 4 is 29.1 Å². The number of nitrogens with zero attached hydrogens (tertiary/aromatic N) is 4. The molecular weight excluding hydrogens is 386 g/mol. The van der Waals surface area contributed by atoms with Gasteiger partial charge in [-0.2, -0.15) is 4.37 Å². The van der Waals surface area contributed by atoms with E-state index in [-0.39, 0.29) is 42.4 Å². The van der Waals surface area contributed by atoms with Crippen LogP contribution in [0.1, 0.15) is 45.5 Å². The van der Waals surface area contributed by atoms with E-state index in [9.17, 15) is 13.6 Å². The molecule has 1 aliphatic carbocycles. The van der Waals surface area contributed by atoms with Crippen LogP contribution in [-0.2, 0) is 0 Å². The number of carbonyl (C=O) groups excluding carboxylic acids is 1. The molecule has 1 saturated heterocycles. The van der Waals surface area contributed by atoms with Gasteiger partial charge in [0.05, 0.1) is 6.54 Å². The SMILES string of the molecule is Cc1cc(C(=O)N2CCN(C(=N)c3nc(C4CC4)ns3)C(=N)C2)cc(F)c1F. The highest BCUT2D eigenvalue weighted by Gasteiger charge is 2.32. The zero-order valence-electron chi connectivity index (χ0n) is 15.1. The molecule has 0 spiro atoms. The highest BCUT2D eigenvalue weighted by molar-refractivity contribution is 7.07. The number of aryl methyl sites for hydroxylation is 1. The summed E-state index contributed by atoms with van der Waals surface area (Å²) in [5.74, 6) is -1.17. The van der Waals surface area contributed by atoms with Gasteiger partial charge in [-0.15, -0.1) is 0 Å². The van der Waals surface area contributed by atoms with Gasteiger partial charge in [0.15, 0.2) is 22.5 Å². The first kappa shape index (κ1) is 18.6. The van der Waals surface area contributed by atoms with Gasteiger partial charge in [0.1, 0.15) is 11.7 Å². The van der Waals surface area contributed by atoms with E-state index >= 15 is 0 Å². The Morgan fingerprint density at radius 3 is 2.68 bits per heavy atom. The molecule has 2 N–H and O–H groups in total. The first-order chi connectivity index (χ1) is 13.3. The first-order valence-corrected chi connectivity index (χ1v) is 9.65. The Kier molecular flexibility index (Phi) is 4.66. The molecule has 2 fully saturated rings. The minimum Gasteiger partial charge on any atom is -0.329 e. The smallest absolute Gasteiger partial charge is 0.254 e. The molecule has 1 aliphatic heterocycles. The van der Waals surface area contributed by atoms with Crippen molar-refractivity contribution in [3.8, 4) is 0 Å². The number of hydrogen-bond acceptors (Lipinski definition) is 6. The van der Waals surface area contributed by atoms with Crippen LogP contribution >= 0.6 is 11.5 Å². The summed E-state index contributed by atoms with van der Waals surface area (Å²) >= 11 is 1.15. The van der Waals surface area contributed by atoms with Gasteiger partial charge < -0.3 is 9.80 Å². The van der Waals surface area contributed by atoms with Gasteiger partial charge in [0, 0.05) is 24.6 Å². The van der Waals surface area contributed by atoms with Crippen LogP contribution in [0.3, 0.4) is 0 Å². The highest BCUT2D eigenvalue weighted by atomic mass is 32.1. The standard InChI is InChI=1S/C18H18F2N6OS/c1-9-6-11(7-12(19)14(9)20)18(27)25-4-5-26(13(21)8-25)15(22)17-23-16(24-28-17)10-2-3-10/h6-7,10,21-22H,2-5,8H2,1H3. The second-order valence-electron chi connectivity index (χ2n) is 6.99. The fraction of sp³-hybridized carbons (Fsp3) is 0.389. The van der Waals surface area contributed by atoms with E-state index < -0.39 is 17.5 Å². The molecule has 2 aromatic rings. The van der Waals surface area contributed by atoms with Gasteiger partial charge in [0.2, 0.25) is 0 Å². The second kappa shape index (κ2) is 7.01. The highest BCUT2D eigenvalue weighted by Crippen LogP contribution is 2.38. The molecule has 1 aromatic carbocycles. The van der Waals surface area contributed by atoms with Gasteiger partial charge in [-0.05, 0) is 49.0 Å². The lowest BCUT2D eigenvalue weighted by Crippen LogP contribution is -2.53. The number of halogens is 2. The minimum absolute atomic E-state index is 0.0203. The quantitative estimate of drug-likeness (QED) is 0.607. The van der Waals surface area contributed by atoms with Gasteiger partial charge in [0.25, 0.3) is 5.91 Å². The molecule has 10 heteroatoms. The summed E-state index contributed by atoms with van der Waals surface area (Å²) in [7, 11) is 0. The molecule has 0 radical (unpaired) electrons. The van der Waals surface area contributed by atoms with E-state index in [1.165, 1.54) is 22.8 Å². The fourth-order valence-corrected chi connectivity index (χ4v) is 3.81. The van der Waals surface area contributed by atoms with Crippen LogP contribution in [0.4, 0.5) is 8.78 Å². The second-order valence-corrected chi connectivity index (χ2v) is 7.75. The summed E-state index contributed by atoms with van der Waals surface area (Å²) < 4.78 is 31.4. The predicted octanol–water partition coefficient (Wildman–Crippen LogP) is 2.76. The van der Waals surface area contributed by atoms with E-state index in [0.29, 0.717) is 10.9 Å². The van der Waals surface area contributed by atoms with Crippen LogP contribution in [0.25, 0.3) is 0 Å². The van der Waals surface area contributed by atoms with Crippen LogP contribution in [0.5, 0.6) is 0 Å². The predicted molar refractivity (Wildman–Crippen MR) is 100 cm³/mol. The average Bonchev–Trinajstić information content (AvgIpc) is 3.41. The molecule has 1 aromatic heterocycles. The summed E-state index contributed by atoms with van der Waals surface area (Å²) in [6, 6.07) is 2.18. The topological polar surface area (TPSA) is 97.0 Å². The molecule has 7 nitrogen and oxygen atoms in total. The fourth-order valence-electron chi connectivity index (χ4n) is 3.11. The van der Waals surface area contributed by atoms with Gasteiger partial charge in [-0.3, -0.25) is 15.6 Å². The number of piperazine rings is 1. The van der Waals surface area contributed by atoms with Crippen molar-refractivity contribution < 1.29 is 13.6 Å². The normalized spacial score (nSPS) is 17.2. The molecule has 28 heavy (non-hydrogen) atoms. The maximum Gasteiger partial charge on any atom is 0.254 e. The molecule has 4 rings (SSSR count). The van der Waals surface area contributed by atoms with Crippen molar-refractivity contribution in [3.05, 3.63) is 45.7 Å². The largest absolute Gasteiger partial charge is 0.329 e. The number of amides is 1. The first-order valence-electron chi connectivity index (χ1n) is 8.87. The number of hydrogen-bond donors (Lipinski definition) is 2. The Balaban J connectivity index is 1.45. The molecular formula is C18H18F2N6OS. The van der Waals surface area contributed by atoms with Crippen LogP contribution in [0.2, 0.25) is 0 Å². The number of benzene rings is 1. The molecule has 1 saturated carbocycles. The van der Waals surface area contributed by atoms with Gasteiger partial charge >= 0.3 is 0 Å². The monoisotopic (exact) mass is 404 g/mol. The maximum atomic E-state index is 13.6.